The number of hydrogen-bond donors (Lipinski definition) is 0. The minimum atomic E-state index is -3.06. The minimum absolute atomic E-state index is 0.253. The van der Waals surface area contributed by atoms with Crippen LogP contribution in [0.1, 0.15) is 40.0 Å². The van der Waals surface area contributed by atoms with E-state index in [1.54, 1.807) is 20.8 Å². The molecule has 2 nitrogen and oxygen atoms in total. The van der Waals surface area contributed by atoms with Crippen molar-refractivity contribution in [2.75, 3.05) is 0 Å². The van der Waals surface area contributed by atoms with Crippen LogP contribution in [-0.2, 0) is 9.84 Å². The predicted octanol–water partition coefficient (Wildman–Crippen LogP) is 2.55. The van der Waals surface area contributed by atoms with E-state index in [9.17, 15) is 8.42 Å². The third kappa shape index (κ3) is 1.47. The zero-order valence-corrected chi connectivity index (χ0v) is 10.6. The quantitative estimate of drug-likeness (QED) is 0.646. The molecule has 2 saturated carbocycles. The molecule has 0 saturated heterocycles. The molecule has 15 heavy (non-hydrogen) atoms. The molecular weight excluding hydrogens is 208 g/mol. The third-order valence-electron chi connectivity index (χ3n) is 3.98. The lowest BCUT2D eigenvalue weighted by Crippen LogP contribution is -2.40. The highest BCUT2D eigenvalue weighted by Gasteiger charge is 2.51. The van der Waals surface area contributed by atoms with E-state index in [4.69, 9.17) is 0 Å². The maximum Gasteiger partial charge on any atom is 0.162 e. The van der Waals surface area contributed by atoms with Gasteiger partial charge in [0.05, 0.1) is 10.00 Å². The highest BCUT2D eigenvalue weighted by molar-refractivity contribution is 7.93. The van der Waals surface area contributed by atoms with Crippen molar-refractivity contribution in [3.05, 3.63) is 12.2 Å². The smallest absolute Gasteiger partial charge is 0.162 e. The summed E-state index contributed by atoms with van der Waals surface area (Å²) in [5.74, 6) is 0.837. The first-order chi connectivity index (χ1) is 6.75. The standard InChI is InChI=1S/C12H20O2S/c1-8-9-5-6-10(7-9)11(8)15(13,14)12(2,3)4/h9-11H,1,5-7H2,2-4H3/t9-,10+,11+/m0/s1. The van der Waals surface area contributed by atoms with Crippen LogP contribution in [0.3, 0.4) is 0 Å². The van der Waals surface area contributed by atoms with Gasteiger partial charge in [-0.3, -0.25) is 0 Å². The van der Waals surface area contributed by atoms with E-state index in [1.165, 1.54) is 0 Å². The van der Waals surface area contributed by atoms with E-state index in [1.807, 2.05) is 0 Å². The number of rotatable bonds is 1. The Morgan fingerprint density at radius 1 is 1.27 bits per heavy atom. The Morgan fingerprint density at radius 2 is 1.87 bits per heavy atom. The molecular formula is C12H20O2S. The van der Waals surface area contributed by atoms with Crippen molar-refractivity contribution in [3.8, 4) is 0 Å². The van der Waals surface area contributed by atoms with Crippen LogP contribution in [0.4, 0.5) is 0 Å². The average Bonchev–Trinajstić information content (AvgIpc) is 2.60. The van der Waals surface area contributed by atoms with Crippen molar-refractivity contribution >= 4 is 9.84 Å². The highest BCUT2D eigenvalue weighted by Crippen LogP contribution is 2.51. The predicted molar refractivity (Wildman–Crippen MR) is 62.4 cm³/mol. The van der Waals surface area contributed by atoms with Gasteiger partial charge in [0.25, 0.3) is 0 Å². The Balaban J connectivity index is 2.38. The topological polar surface area (TPSA) is 34.1 Å². The van der Waals surface area contributed by atoms with Gasteiger partial charge in [0.2, 0.25) is 0 Å². The van der Waals surface area contributed by atoms with Crippen molar-refractivity contribution in [3.63, 3.8) is 0 Å². The Hall–Kier alpha value is -0.310. The van der Waals surface area contributed by atoms with Crippen LogP contribution in [0, 0.1) is 11.8 Å². The molecule has 3 heteroatoms. The molecule has 0 aliphatic heterocycles. The Labute approximate surface area is 92.7 Å². The van der Waals surface area contributed by atoms with Crippen LogP contribution in [0.25, 0.3) is 0 Å². The Morgan fingerprint density at radius 3 is 2.27 bits per heavy atom. The number of sulfone groups is 1. The summed E-state index contributed by atoms with van der Waals surface area (Å²) in [4.78, 5) is 0. The van der Waals surface area contributed by atoms with E-state index < -0.39 is 14.6 Å². The molecule has 0 heterocycles. The highest BCUT2D eigenvalue weighted by atomic mass is 32.2. The van der Waals surface area contributed by atoms with Crippen molar-refractivity contribution in [1.82, 2.24) is 0 Å². The zero-order chi connectivity index (χ0) is 11.4. The van der Waals surface area contributed by atoms with Gasteiger partial charge in [-0.1, -0.05) is 12.2 Å². The van der Waals surface area contributed by atoms with E-state index in [-0.39, 0.29) is 5.25 Å². The maximum atomic E-state index is 12.4. The minimum Gasteiger partial charge on any atom is -0.228 e. The number of hydrogen-bond acceptors (Lipinski definition) is 2. The SMILES string of the molecule is C=C1[C@H]2CC[C@H](C2)[C@@H]1S(=O)(=O)C(C)(C)C. The van der Waals surface area contributed by atoms with E-state index in [0.29, 0.717) is 11.8 Å². The molecule has 0 aromatic carbocycles. The van der Waals surface area contributed by atoms with Gasteiger partial charge < -0.3 is 0 Å². The summed E-state index contributed by atoms with van der Waals surface area (Å²) in [6, 6.07) is 0. The van der Waals surface area contributed by atoms with Crippen molar-refractivity contribution < 1.29 is 8.42 Å². The van der Waals surface area contributed by atoms with Gasteiger partial charge in [-0.15, -0.1) is 0 Å². The Bertz CT molecular complexity index is 386. The molecule has 0 amide bonds. The summed E-state index contributed by atoms with van der Waals surface area (Å²) in [5.41, 5.74) is 0.987. The Kier molecular flexibility index (Phi) is 2.31. The van der Waals surface area contributed by atoms with Crippen LogP contribution >= 0.6 is 0 Å². The van der Waals surface area contributed by atoms with Gasteiger partial charge in [0.15, 0.2) is 9.84 Å². The molecule has 0 aromatic heterocycles. The first kappa shape index (κ1) is 11.2. The molecule has 3 atom stereocenters. The molecule has 86 valence electrons. The second-order valence-electron chi connectivity index (χ2n) is 5.92. The van der Waals surface area contributed by atoms with Crippen molar-refractivity contribution in [1.29, 1.82) is 0 Å². The lowest BCUT2D eigenvalue weighted by Gasteiger charge is -2.30. The maximum absolute atomic E-state index is 12.4. The van der Waals surface area contributed by atoms with Gasteiger partial charge in [0.1, 0.15) is 0 Å². The molecule has 0 radical (unpaired) electrons. The van der Waals surface area contributed by atoms with E-state index in [2.05, 4.69) is 6.58 Å². The monoisotopic (exact) mass is 228 g/mol. The summed E-state index contributed by atoms with van der Waals surface area (Å²) in [7, 11) is -3.06. The zero-order valence-electron chi connectivity index (χ0n) is 9.79. The van der Waals surface area contributed by atoms with E-state index in [0.717, 1.165) is 24.8 Å². The lowest BCUT2D eigenvalue weighted by molar-refractivity contribution is 0.502. The van der Waals surface area contributed by atoms with Crippen LogP contribution in [-0.4, -0.2) is 18.4 Å². The lowest BCUT2D eigenvalue weighted by atomic mass is 9.96. The molecule has 0 unspecified atom stereocenters. The van der Waals surface area contributed by atoms with Gasteiger partial charge in [-0.2, -0.15) is 0 Å². The second-order valence-corrected chi connectivity index (χ2v) is 8.75. The van der Waals surface area contributed by atoms with Crippen LogP contribution < -0.4 is 0 Å². The fraction of sp³-hybridized carbons (Fsp3) is 0.833. The molecule has 2 aliphatic carbocycles. The molecule has 2 rings (SSSR count). The summed E-state index contributed by atoms with van der Waals surface area (Å²) >= 11 is 0. The molecule has 2 aliphatic rings. The second kappa shape index (κ2) is 3.09. The molecule has 0 aromatic rings. The molecule has 2 bridgehead atoms. The van der Waals surface area contributed by atoms with Crippen molar-refractivity contribution in [2.24, 2.45) is 11.8 Å². The summed E-state index contributed by atoms with van der Waals surface area (Å²) in [6.45, 7) is 9.40. The summed E-state index contributed by atoms with van der Waals surface area (Å²) in [5, 5.41) is -0.253. The third-order valence-corrected chi connectivity index (χ3v) is 7.04. The first-order valence-electron chi connectivity index (χ1n) is 5.67. The van der Waals surface area contributed by atoms with Crippen LogP contribution in [0.2, 0.25) is 0 Å². The normalized spacial score (nSPS) is 36.2. The van der Waals surface area contributed by atoms with Gasteiger partial charge >= 0.3 is 0 Å². The van der Waals surface area contributed by atoms with Gasteiger partial charge in [0, 0.05) is 0 Å². The molecule has 0 N–H and O–H groups in total. The molecule has 0 spiro atoms. The largest absolute Gasteiger partial charge is 0.228 e. The van der Waals surface area contributed by atoms with Crippen LogP contribution in [0.15, 0.2) is 12.2 Å². The van der Waals surface area contributed by atoms with Crippen molar-refractivity contribution in [2.45, 2.75) is 50.0 Å². The summed E-state index contributed by atoms with van der Waals surface area (Å²) in [6.07, 6.45) is 3.28. The first-order valence-corrected chi connectivity index (χ1v) is 7.22. The summed E-state index contributed by atoms with van der Waals surface area (Å²) < 4.78 is 24.1. The fourth-order valence-corrected chi connectivity index (χ4v) is 5.10. The molecule has 2 fully saturated rings. The van der Waals surface area contributed by atoms with Gasteiger partial charge in [-0.05, 0) is 51.9 Å². The van der Waals surface area contributed by atoms with Gasteiger partial charge in [-0.25, -0.2) is 8.42 Å². The number of fused-ring (bicyclic) bond motifs is 2. The van der Waals surface area contributed by atoms with E-state index >= 15 is 0 Å². The van der Waals surface area contributed by atoms with Crippen LogP contribution in [0.5, 0.6) is 0 Å². The fourth-order valence-electron chi connectivity index (χ4n) is 3.00. The average molecular weight is 228 g/mol.